The van der Waals surface area contributed by atoms with Gasteiger partial charge in [0.25, 0.3) is 10.0 Å². The van der Waals surface area contributed by atoms with Crippen molar-refractivity contribution in [2.45, 2.75) is 11.1 Å². The fourth-order valence-corrected chi connectivity index (χ4v) is 4.30. The molecule has 0 spiro atoms. The zero-order valence-corrected chi connectivity index (χ0v) is 18.5. The Hall–Kier alpha value is -4.00. The molecule has 34 heavy (non-hydrogen) atoms. The maximum absolute atomic E-state index is 13.3. The van der Waals surface area contributed by atoms with Crippen LogP contribution in [0.1, 0.15) is 11.1 Å². The minimum atomic E-state index is -4.73. The summed E-state index contributed by atoms with van der Waals surface area (Å²) in [6.07, 6.45) is -0.00876. The van der Waals surface area contributed by atoms with E-state index in [4.69, 9.17) is 14.6 Å². The first-order chi connectivity index (χ1) is 16.0. The summed E-state index contributed by atoms with van der Waals surface area (Å²) in [4.78, 5) is 10.4. The quantitative estimate of drug-likeness (QED) is 0.454. The molecule has 13 heteroatoms. The molecule has 3 rings (SSSR count). The van der Waals surface area contributed by atoms with E-state index in [0.29, 0.717) is 6.07 Å². The molecule has 1 aromatic heterocycles. The van der Waals surface area contributed by atoms with Crippen molar-refractivity contribution in [2.24, 2.45) is 0 Å². The highest BCUT2D eigenvalue weighted by molar-refractivity contribution is 7.92. The number of halogens is 3. The number of nitrogens with zero attached hydrogens (tertiary/aromatic N) is 2. The minimum absolute atomic E-state index is 0.0354. The van der Waals surface area contributed by atoms with Crippen LogP contribution >= 0.6 is 0 Å². The van der Waals surface area contributed by atoms with Crippen molar-refractivity contribution in [2.75, 3.05) is 18.9 Å². The second-order valence-electron chi connectivity index (χ2n) is 6.71. The van der Waals surface area contributed by atoms with Gasteiger partial charge < -0.3 is 14.6 Å². The Morgan fingerprint density at radius 3 is 2.47 bits per heavy atom. The van der Waals surface area contributed by atoms with E-state index in [1.807, 2.05) is 0 Å². The van der Waals surface area contributed by atoms with Gasteiger partial charge in [0.05, 0.1) is 31.2 Å². The van der Waals surface area contributed by atoms with E-state index >= 15 is 0 Å². The fraction of sp³-hybridized carbons (Fsp3) is 0.143. The van der Waals surface area contributed by atoms with Crippen LogP contribution in [0, 0.1) is 0 Å². The number of ether oxygens (including phenoxy) is 2. The Morgan fingerprint density at radius 1 is 1.18 bits per heavy atom. The average Bonchev–Trinajstić information content (AvgIpc) is 3.30. The molecule has 0 saturated carbocycles. The molecule has 0 saturated heterocycles. The third-order valence-corrected chi connectivity index (χ3v) is 5.87. The molecule has 180 valence electrons. The van der Waals surface area contributed by atoms with E-state index in [9.17, 15) is 26.4 Å². The second kappa shape index (κ2) is 9.47. The van der Waals surface area contributed by atoms with Crippen LogP contribution < -0.4 is 14.2 Å². The van der Waals surface area contributed by atoms with Gasteiger partial charge in [-0.25, -0.2) is 17.9 Å². The van der Waals surface area contributed by atoms with Crippen LogP contribution in [0.15, 0.2) is 59.8 Å². The van der Waals surface area contributed by atoms with Gasteiger partial charge in [-0.05, 0) is 48.0 Å². The summed E-state index contributed by atoms with van der Waals surface area (Å²) in [5.41, 5.74) is -1.30. The Kier molecular flexibility index (Phi) is 6.86. The lowest BCUT2D eigenvalue weighted by Crippen LogP contribution is -2.17. The number of aliphatic carboxylic acids is 1. The summed E-state index contributed by atoms with van der Waals surface area (Å²) in [5, 5.41) is 12.8. The molecule has 1 heterocycles. The fourth-order valence-electron chi connectivity index (χ4n) is 3.02. The minimum Gasteiger partial charge on any atom is -0.493 e. The summed E-state index contributed by atoms with van der Waals surface area (Å²) in [7, 11) is -2.14. The van der Waals surface area contributed by atoms with Crippen LogP contribution in [0.25, 0.3) is 11.8 Å². The number of benzene rings is 2. The van der Waals surface area contributed by atoms with Crippen molar-refractivity contribution in [3.8, 4) is 17.2 Å². The standard InChI is InChI=1S/C21H18F3N3O6S/c1-32-17-10-13(4-7-19(28)29)11-18(20(17)33-2)34(30,31)26-15-12-14(21(22,23)24)5-6-16(15)27-9-3-8-25-27/h3-12,26H,1-2H3,(H,28,29). The Labute approximate surface area is 192 Å². The molecule has 0 fully saturated rings. The Bertz CT molecular complexity index is 1340. The first-order valence-corrected chi connectivity index (χ1v) is 10.9. The van der Waals surface area contributed by atoms with E-state index < -0.39 is 38.3 Å². The molecule has 0 aliphatic rings. The highest BCUT2D eigenvalue weighted by atomic mass is 32.2. The van der Waals surface area contributed by atoms with Crippen LogP contribution in [0.5, 0.6) is 11.5 Å². The maximum Gasteiger partial charge on any atom is 0.416 e. The maximum atomic E-state index is 13.3. The van der Waals surface area contributed by atoms with Gasteiger partial charge in [-0.3, -0.25) is 4.72 Å². The molecule has 0 radical (unpaired) electrons. The number of rotatable bonds is 8. The third-order valence-electron chi connectivity index (χ3n) is 4.49. The van der Waals surface area contributed by atoms with E-state index in [1.54, 1.807) is 0 Å². The van der Waals surface area contributed by atoms with E-state index in [-0.39, 0.29) is 22.7 Å². The number of hydrogen-bond donors (Lipinski definition) is 2. The number of aromatic nitrogens is 2. The summed E-state index contributed by atoms with van der Waals surface area (Å²) < 4.78 is 80.3. The SMILES string of the molecule is COc1cc(C=CC(=O)O)cc(S(=O)(=O)Nc2cc(C(F)(F)F)ccc2-n2cccn2)c1OC. The Balaban J connectivity index is 2.18. The number of methoxy groups -OCH3 is 2. The van der Waals surface area contributed by atoms with Crippen molar-refractivity contribution in [1.29, 1.82) is 0 Å². The smallest absolute Gasteiger partial charge is 0.416 e. The van der Waals surface area contributed by atoms with Gasteiger partial charge in [-0.2, -0.15) is 18.3 Å². The molecule has 0 bridgehead atoms. The molecule has 3 aromatic rings. The predicted octanol–water partition coefficient (Wildman–Crippen LogP) is 3.81. The summed E-state index contributed by atoms with van der Waals surface area (Å²) in [6, 6.07) is 6.49. The van der Waals surface area contributed by atoms with Gasteiger partial charge in [-0.1, -0.05) is 0 Å². The number of carbonyl (C=O) groups is 1. The number of carboxylic acids is 1. The number of nitrogens with one attached hydrogen (secondary N) is 1. The van der Waals surface area contributed by atoms with Crippen LogP contribution in [0.2, 0.25) is 0 Å². The number of carboxylic acid groups (broad SMARTS) is 1. The Morgan fingerprint density at radius 2 is 1.91 bits per heavy atom. The zero-order valence-electron chi connectivity index (χ0n) is 17.7. The van der Waals surface area contributed by atoms with Gasteiger partial charge in [-0.15, -0.1) is 0 Å². The molecular weight excluding hydrogens is 479 g/mol. The summed E-state index contributed by atoms with van der Waals surface area (Å²) in [5.74, 6) is -1.54. The molecule has 2 N–H and O–H groups in total. The van der Waals surface area contributed by atoms with Gasteiger partial charge in [0.1, 0.15) is 4.90 Å². The summed E-state index contributed by atoms with van der Waals surface area (Å²) in [6.45, 7) is 0. The first kappa shape index (κ1) is 24.6. The molecule has 9 nitrogen and oxygen atoms in total. The lowest BCUT2D eigenvalue weighted by atomic mass is 10.1. The topological polar surface area (TPSA) is 120 Å². The highest BCUT2D eigenvalue weighted by Gasteiger charge is 2.32. The largest absolute Gasteiger partial charge is 0.493 e. The van der Waals surface area contributed by atoms with E-state index in [2.05, 4.69) is 9.82 Å². The van der Waals surface area contributed by atoms with Gasteiger partial charge in [0.15, 0.2) is 11.5 Å². The lowest BCUT2D eigenvalue weighted by Gasteiger charge is -2.18. The molecule has 0 atom stereocenters. The van der Waals surface area contributed by atoms with E-state index in [0.717, 1.165) is 30.4 Å². The van der Waals surface area contributed by atoms with Gasteiger partial charge in [0.2, 0.25) is 0 Å². The van der Waals surface area contributed by atoms with Crippen LogP contribution in [-0.2, 0) is 21.0 Å². The number of alkyl halides is 3. The number of anilines is 1. The predicted molar refractivity (Wildman–Crippen MR) is 116 cm³/mol. The van der Waals surface area contributed by atoms with Crippen molar-refractivity contribution in [3.05, 3.63) is 66.0 Å². The number of hydrogen-bond acceptors (Lipinski definition) is 6. The van der Waals surface area contributed by atoms with Crippen molar-refractivity contribution >= 4 is 27.8 Å². The zero-order chi connectivity index (χ0) is 25.1. The second-order valence-corrected chi connectivity index (χ2v) is 8.36. The first-order valence-electron chi connectivity index (χ1n) is 9.37. The van der Waals surface area contributed by atoms with Crippen molar-refractivity contribution < 1.29 is 41.0 Å². The normalized spacial score (nSPS) is 12.0. The monoisotopic (exact) mass is 497 g/mol. The lowest BCUT2D eigenvalue weighted by molar-refractivity contribution is -0.137. The molecule has 0 amide bonds. The average molecular weight is 497 g/mol. The molecular formula is C21H18F3N3O6S. The van der Waals surface area contributed by atoms with Gasteiger partial charge >= 0.3 is 12.1 Å². The molecule has 0 unspecified atom stereocenters. The van der Waals surface area contributed by atoms with Crippen LogP contribution in [-0.4, -0.2) is 43.5 Å². The molecule has 0 aliphatic heterocycles. The van der Waals surface area contributed by atoms with Crippen molar-refractivity contribution in [1.82, 2.24) is 9.78 Å². The van der Waals surface area contributed by atoms with Gasteiger partial charge in [0, 0.05) is 18.5 Å². The van der Waals surface area contributed by atoms with Crippen LogP contribution in [0.3, 0.4) is 0 Å². The third kappa shape index (κ3) is 5.31. The highest BCUT2D eigenvalue weighted by Crippen LogP contribution is 2.38. The summed E-state index contributed by atoms with van der Waals surface area (Å²) >= 11 is 0. The molecule has 0 aliphatic carbocycles. The molecule has 2 aromatic carbocycles. The number of sulfonamides is 1. The van der Waals surface area contributed by atoms with Crippen molar-refractivity contribution in [3.63, 3.8) is 0 Å². The van der Waals surface area contributed by atoms with E-state index in [1.165, 1.54) is 43.4 Å². The van der Waals surface area contributed by atoms with Crippen LogP contribution in [0.4, 0.5) is 18.9 Å².